The first-order valence-electron chi connectivity index (χ1n) is 3.54. The number of hydrogen-bond acceptors (Lipinski definition) is 4. The molecular weight excluding hydrogens is 241 g/mol. The van der Waals surface area contributed by atoms with Gasteiger partial charge in [0.25, 0.3) is 0 Å². The van der Waals surface area contributed by atoms with Gasteiger partial charge < -0.3 is 15.4 Å². The fraction of sp³-hybridized carbons (Fsp3) is 0.800. The summed E-state index contributed by atoms with van der Waals surface area (Å²) in [6.07, 6.45) is -4.39. The van der Waals surface area contributed by atoms with Gasteiger partial charge in [0.1, 0.15) is 0 Å². The van der Waals surface area contributed by atoms with Crippen LogP contribution in [0.2, 0.25) is 0 Å². The van der Waals surface area contributed by atoms with Gasteiger partial charge in [0.15, 0.2) is 0 Å². The van der Waals surface area contributed by atoms with Crippen molar-refractivity contribution >= 4 is 17.2 Å². The van der Waals surface area contributed by atoms with Crippen molar-refractivity contribution in [2.24, 2.45) is 5.73 Å². The van der Waals surface area contributed by atoms with Crippen molar-refractivity contribution in [3.63, 3.8) is 0 Å². The van der Waals surface area contributed by atoms with E-state index in [1.165, 1.54) is 0 Å². The smallest absolute Gasteiger partial charge is 0.490 e. The molecule has 4 N–H and O–H groups in total. The highest BCUT2D eigenvalue weighted by Gasteiger charge is 2.38. The molecule has 1 atom stereocenters. The first kappa shape index (κ1) is 16.7. The van der Waals surface area contributed by atoms with Crippen molar-refractivity contribution in [2.45, 2.75) is 12.6 Å². The fourth-order valence-electron chi connectivity index (χ4n) is 0.258. The number of aliphatic carboxylic acids is 1. The molecule has 0 bridgehead atoms. The van der Waals surface area contributed by atoms with Crippen LogP contribution in [0.4, 0.5) is 13.2 Å². The van der Waals surface area contributed by atoms with E-state index in [4.69, 9.17) is 15.6 Å². The molecule has 15 heavy (non-hydrogen) atoms. The maximum Gasteiger partial charge on any atom is 0.490 e. The minimum absolute atomic E-state index is 0.437. The van der Waals surface area contributed by atoms with Crippen molar-refractivity contribution in [1.29, 1.82) is 0 Å². The zero-order valence-corrected chi connectivity index (χ0v) is 8.23. The van der Waals surface area contributed by atoms with Gasteiger partial charge in [-0.3, -0.25) is 4.21 Å². The van der Waals surface area contributed by atoms with Gasteiger partial charge >= 0.3 is 12.1 Å². The van der Waals surface area contributed by atoms with E-state index < -0.39 is 23.4 Å². The number of carbonyl (C=O) groups is 1. The number of alkyl halides is 3. The number of carboxylic acid groups (broad SMARTS) is 1. The van der Waals surface area contributed by atoms with E-state index in [9.17, 15) is 21.9 Å². The third-order valence-corrected chi connectivity index (χ3v) is 1.28. The Labute approximate surface area is 86.1 Å². The summed E-state index contributed by atoms with van der Waals surface area (Å²) in [5.41, 5.74) is 5.07. The molecule has 0 heterocycles. The van der Waals surface area contributed by atoms with Gasteiger partial charge in [0, 0.05) is 17.8 Å². The lowest BCUT2D eigenvalue weighted by Crippen LogP contribution is -2.21. The first-order chi connectivity index (χ1) is 6.71. The lowest BCUT2D eigenvalue weighted by Gasteiger charge is -2.04. The highest BCUT2D eigenvalue weighted by atomic mass is 32.2. The van der Waals surface area contributed by atoms with Crippen LogP contribution in [0, 0.1) is 0 Å². The largest absolute Gasteiger partial charge is 0.760 e. The zero-order valence-electron chi connectivity index (χ0n) is 7.41. The number of carboxylic acids is 1. The Morgan fingerprint density at radius 2 is 1.93 bits per heavy atom. The van der Waals surface area contributed by atoms with Gasteiger partial charge in [0.2, 0.25) is 0 Å². The Kier molecular flexibility index (Phi) is 9.57. The average molecular weight is 251 g/mol. The molecule has 0 aliphatic heterocycles. The van der Waals surface area contributed by atoms with Gasteiger partial charge in [-0.1, -0.05) is 0 Å². The normalized spacial score (nSPS) is 12.6. The zero-order chi connectivity index (χ0) is 12.5. The first-order valence-corrected chi connectivity index (χ1v) is 4.62. The molecule has 0 saturated heterocycles. The quantitative estimate of drug-likeness (QED) is 0.453. The third-order valence-electron chi connectivity index (χ3n) is 0.843. The van der Waals surface area contributed by atoms with Crippen molar-refractivity contribution in [1.82, 2.24) is 4.72 Å². The van der Waals surface area contributed by atoms with Crippen LogP contribution in [-0.2, 0) is 16.1 Å². The molecule has 0 saturated carbocycles. The van der Waals surface area contributed by atoms with E-state index in [0.717, 1.165) is 0 Å². The Morgan fingerprint density at radius 3 is 2.13 bits per heavy atom. The van der Waals surface area contributed by atoms with E-state index in [1.807, 2.05) is 0 Å². The minimum Gasteiger partial charge on any atom is -0.760 e. The highest BCUT2D eigenvalue weighted by molar-refractivity contribution is 7.77. The van der Waals surface area contributed by atoms with Gasteiger partial charge in [-0.05, 0) is 13.0 Å². The van der Waals surface area contributed by atoms with Crippen LogP contribution in [0.5, 0.6) is 0 Å². The van der Waals surface area contributed by atoms with Gasteiger partial charge in [-0.15, -0.1) is 0 Å². The lowest BCUT2D eigenvalue weighted by molar-refractivity contribution is -0.192. The molecule has 10 heteroatoms. The highest BCUT2D eigenvalue weighted by Crippen LogP contribution is 2.13. The van der Waals surface area contributed by atoms with Crippen molar-refractivity contribution in [3.05, 3.63) is 0 Å². The SMILES string of the molecule is NCCCNS(=O)[O-].O=C(O)C(F)(F)F. The summed E-state index contributed by atoms with van der Waals surface area (Å²) >= 11 is -2.12. The summed E-state index contributed by atoms with van der Waals surface area (Å²) in [5.74, 6) is -2.76. The van der Waals surface area contributed by atoms with Gasteiger partial charge in [-0.25, -0.2) is 9.52 Å². The molecular formula is C5H10F3N2O4S-. The van der Waals surface area contributed by atoms with Crippen LogP contribution in [0.3, 0.4) is 0 Å². The second-order valence-electron chi connectivity index (χ2n) is 2.07. The maximum atomic E-state index is 10.6. The molecule has 1 unspecified atom stereocenters. The molecule has 6 nitrogen and oxygen atoms in total. The Hall–Kier alpha value is -0.710. The fourth-order valence-corrected chi connectivity index (χ4v) is 0.569. The molecule has 0 aliphatic carbocycles. The molecule has 0 aromatic heterocycles. The summed E-state index contributed by atoms with van der Waals surface area (Å²) in [6.45, 7) is 0.955. The van der Waals surface area contributed by atoms with Gasteiger partial charge in [-0.2, -0.15) is 13.2 Å². The standard InChI is InChI=1S/C3H10N2O2S.C2HF3O2/c4-2-1-3-5-8(6)7;3-2(4,5)1(6)7/h5H,1-4H2,(H,6,7);(H,6,7)/p-1. The van der Waals surface area contributed by atoms with E-state index in [2.05, 4.69) is 4.72 Å². The third kappa shape index (κ3) is 16.0. The average Bonchev–Trinajstić information content (AvgIpc) is 2.03. The summed E-state index contributed by atoms with van der Waals surface area (Å²) in [7, 11) is 0. The minimum atomic E-state index is -5.08. The predicted octanol–water partition coefficient (Wildman–Crippen LogP) is -0.648. The van der Waals surface area contributed by atoms with E-state index in [-0.39, 0.29) is 0 Å². The van der Waals surface area contributed by atoms with Crippen LogP contribution in [-0.4, -0.2) is 39.1 Å². The second-order valence-corrected chi connectivity index (χ2v) is 2.83. The molecule has 0 fully saturated rings. The number of hydrogen-bond donors (Lipinski definition) is 3. The number of halogens is 3. The van der Waals surface area contributed by atoms with Crippen LogP contribution >= 0.6 is 0 Å². The van der Waals surface area contributed by atoms with Crippen molar-refractivity contribution in [2.75, 3.05) is 13.1 Å². The lowest BCUT2D eigenvalue weighted by atomic mass is 10.4. The maximum absolute atomic E-state index is 10.6. The number of nitrogens with two attached hydrogens (primary N) is 1. The van der Waals surface area contributed by atoms with Gasteiger partial charge in [0.05, 0.1) is 0 Å². The molecule has 92 valence electrons. The second kappa shape index (κ2) is 8.59. The number of nitrogens with one attached hydrogen (secondary N) is 1. The Bertz CT molecular complexity index is 211. The molecule has 0 spiro atoms. The molecule has 0 aromatic rings. The van der Waals surface area contributed by atoms with Crippen molar-refractivity contribution in [3.8, 4) is 0 Å². The number of rotatable bonds is 4. The molecule has 0 amide bonds. The van der Waals surface area contributed by atoms with E-state index in [1.54, 1.807) is 0 Å². The molecule has 0 radical (unpaired) electrons. The van der Waals surface area contributed by atoms with E-state index in [0.29, 0.717) is 19.5 Å². The van der Waals surface area contributed by atoms with Crippen molar-refractivity contribution < 1.29 is 31.8 Å². The summed E-state index contributed by atoms with van der Waals surface area (Å²) in [5, 5.41) is 7.12. The van der Waals surface area contributed by atoms with Crippen LogP contribution in [0.15, 0.2) is 0 Å². The summed E-state index contributed by atoms with van der Waals surface area (Å²) in [4.78, 5) is 8.90. The van der Waals surface area contributed by atoms with Crippen LogP contribution in [0.25, 0.3) is 0 Å². The van der Waals surface area contributed by atoms with Crippen LogP contribution < -0.4 is 10.5 Å². The summed E-state index contributed by atoms with van der Waals surface area (Å²) < 4.78 is 53.4. The van der Waals surface area contributed by atoms with E-state index >= 15 is 0 Å². The molecule has 0 rings (SSSR count). The predicted molar refractivity (Wildman–Crippen MR) is 44.3 cm³/mol. The molecule has 0 aromatic carbocycles. The Balaban J connectivity index is 0. The topological polar surface area (TPSA) is 115 Å². The van der Waals surface area contributed by atoms with Crippen LogP contribution in [0.1, 0.15) is 6.42 Å². The molecule has 0 aliphatic rings. The summed E-state index contributed by atoms with van der Waals surface area (Å²) in [6, 6.07) is 0. The monoisotopic (exact) mass is 251 g/mol. The Morgan fingerprint density at radius 1 is 1.53 bits per heavy atom.